The molecule has 0 radical (unpaired) electrons. The molecule has 3 nitrogen and oxygen atoms in total. The zero-order valence-corrected chi connectivity index (χ0v) is 15.8. The van der Waals surface area contributed by atoms with E-state index in [1.165, 1.54) is 28.7 Å². The molecule has 1 heterocycles. The van der Waals surface area contributed by atoms with Gasteiger partial charge >= 0.3 is 0 Å². The van der Waals surface area contributed by atoms with Crippen molar-refractivity contribution >= 4 is 15.9 Å². The molecule has 120 valence electrons. The van der Waals surface area contributed by atoms with E-state index in [4.69, 9.17) is 5.10 Å². The molecule has 0 aromatic carbocycles. The highest BCUT2D eigenvalue weighted by Gasteiger charge is 2.30. The maximum absolute atomic E-state index is 4.74. The predicted octanol–water partition coefficient (Wildman–Crippen LogP) is 4.18. The molecule has 1 atom stereocenters. The Bertz CT molecular complexity index is 469. The van der Waals surface area contributed by atoms with Gasteiger partial charge in [-0.05, 0) is 66.4 Å². The van der Waals surface area contributed by atoms with Gasteiger partial charge in [-0.15, -0.1) is 0 Å². The van der Waals surface area contributed by atoms with E-state index >= 15 is 0 Å². The van der Waals surface area contributed by atoms with Gasteiger partial charge in [0.2, 0.25) is 0 Å². The van der Waals surface area contributed by atoms with Crippen LogP contribution in [0.3, 0.4) is 0 Å². The van der Waals surface area contributed by atoms with Crippen LogP contribution < -0.4 is 5.32 Å². The maximum atomic E-state index is 4.74. The van der Waals surface area contributed by atoms with Crippen LogP contribution in [0, 0.1) is 11.3 Å². The molecule has 1 fully saturated rings. The molecule has 1 aliphatic rings. The van der Waals surface area contributed by atoms with E-state index in [1.807, 2.05) is 0 Å². The lowest BCUT2D eigenvalue weighted by molar-refractivity contribution is 0.226. The molecule has 0 spiro atoms. The molecule has 1 N–H and O–H groups in total. The molecule has 2 rings (SSSR count). The van der Waals surface area contributed by atoms with Crippen LogP contribution in [-0.2, 0) is 19.4 Å². The van der Waals surface area contributed by atoms with Crippen molar-refractivity contribution in [1.29, 1.82) is 0 Å². The highest BCUT2D eigenvalue weighted by molar-refractivity contribution is 9.10. The molecule has 0 aliphatic heterocycles. The van der Waals surface area contributed by atoms with Gasteiger partial charge in [-0.2, -0.15) is 5.10 Å². The summed E-state index contributed by atoms with van der Waals surface area (Å²) in [6, 6.07) is 0.778. The number of aryl methyl sites for hydroxylation is 2. The van der Waals surface area contributed by atoms with E-state index in [2.05, 4.69) is 60.5 Å². The van der Waals surface area contributed by atoms with Crippen molar-refractivity contribution in [2.75, 3.05) is 6.54 Å². The second-order valence-electron chi connectivity index (χ2n) is 7.33. The van der Waals surface area contributed by atoms with Gasteiger partial charge in [-0.25, -0.2) is 0 Å². The molecule has 4 heteroatoms. The van der Waals surface area contributed by atoms with E-state index in [-0.39, 0.29) is 0 Å². The Morgan fingerprint density at radius 3 is 2.48 bits per heavy atom. The van der Waals surface area contributed by atoms with Gasteiger partial charge in [0.15, 0.2) is 0 Å². The fourth-order valence-electron chi connectivity index (χ4n) is 2.73. The van der Waals surface area contributed by atoms with Gasteiger partial charge in [0, 0.05) is 12.6 Å². The van der Waals surface area contributed by atoms with Crippen molar-refractivity contribution in [3.8, 4) is 0 Å². The number of aromatic nitrogens is 2. The van der Waals surface area contributed by atoms with Crippen LogP contribution in [0.2, 0.25) is 0 Å². The minimum Gasteiger partial charge on any atom is -0.314 e. The molecule has 0 saturated heterocycles. The monoisotopic (exact) mass is 355 g/mol. The average molecular weight is 356 g/mol. The van der Waals surface area contributed by atoms with E-state index in [1.54, 1.807) is 0 Å². The lowest BCUT2D eigenvalue weighted by atomic mass is 9.78. The lowest BCUT2D eigenvalue weighted by Crippen LogP contribution is -2.35. The Kier molecular flexibility index (Phi) is 5.53. The Labute approximate surface area is 138 Å². The van der Waals surface area contributed by atoms with Crippen molar-refractivity contribution in [1.82, 2.24) is 15.1 Å². The van der Waals surface area contributed by atoms with E-state index in [9.17, 15) is 0 Å². The summed E-state index contributed by atoms with van der Waals surface area (Å²) in [5, 5.41) is 8.46. The van der Waals surface area contributed by atoms with Crippen LogP contribution in [0.25, 0.3) is 0 Å². The van der Waals surface area contributed by atoms with Crippen LogP contribution in [0.1, 0.15) is 58.8 Å². The number of hydrogen-bond donors (Lipinski definition) is 1. The summed E-state index contributed by atoms with van der Waals surface area (Å²) in [7, 11) is 0. The number of halogens is 1. The van der Waals surface area contributed by atoms with Crippen LogP contribution in [-0.4, -0.2) is 22.4 Å². The summed E-state index contributed by atoms with van der Waals surface area (Å²) in [6.07, 6.45) is 4.78. The van der Waals surface area contributed by atoms with Crippen LogP contribution in [0.15, 0.2) is 4.47 Å². The van der Waals surface area contributed by atoms with Crippen molar-refractivity contribution in [3.05, 3.63) is 15.9 Å². The number of nitrogens with one attached hydrogen (secondary N) is 1. The van der Waals surface area contributed by atoms with Crippen LogP contribution in [0.5, 0.6) is 0 Å². The first-order valence-corrected chi connectivity index (χ1v) is 9.13. The fraction of sp³-hybridized carbons (Fsp3) is 0.824. The molecule has 1 saturated carbocycles. The third-order valence-corrected chi connectivity index (χ3v) is 5.50. The molecule has 0 amide bonds. The zero-order valence-electron chi connectivity index (χ0n) is 14.2. The van der Waals surface area contributed by atoms with Crippen molar-refractivity contribution < 1.29 is 0 Å². The van der Waals surface area contributed by atoms with Crippen LogP contribution >= 0.6 is 15.9 Å². The second kappa shape index (κ2) is 6.82. The van der Waals surface area contributed by atoms with Gasteiger partial charge in [-0.3, -0.25) is 4.68 Å². The van der Waals surface area contributed by atoms with E-state index in [0.29, 0.717) is 11.3 Å². The third-order valence-electron chi connectivity index (χ3n) is 4.59. The summed E-state index contributed by atoms with van der Waals surface area (Å²) in [5.74, 6) is 0.626. The third kappa shape index (κ3) is 4.32. The summed E-state index contributed by atoms with van der Waals surface area (Å²) >= 11 is 3.79. The Hall–Kier alpha value is -0.350. The quantitative estimate of drug-likeness (QED) is 0.794. The SMILES string of the molecule is CCc1nn(CC)c(CC(CNC2CC2)C(C)(C)C)c1Br. The molecule has 1 aliphatic carbocycles. The Morgan fingerprint density at radius 1 is 1.33 bits per heavy atom. The first-order chi connectivity index (χ1) is 9.86. The van der Waals surface area contributed by atoms with Gasteiger partial charge < -0.3 is 5.32 Å². The Morgan fingerprint density at radius 2 is 2.00 bits per heavy atom. The van der Waals surface area contributed by atoms with Crippen molar-refractivity contribution in [2.24, 2.45) is 11.3 Å². The maximum Gasteiger partial charge on any atom is 0.0766 e. The van der Waals surface area contributed by atoms with Crippen molar-refractivity contribution in [2.45, 2.75) is 72.9 Å². The number of rotatable bonds is 7. The molecular weight excluding hydrogens is 326 g/mol. The lowest BCUT2D eigenvalue weighted by Gasteiger charge is -2.31. The highest BCUT2D eigenvalue weighted by Crippen LogP contribution is 2.33. The minimum absolute atomic E-state index is 0.302. The van der Waals surface area contributed by atoms with Crippen molar-refractivity contribution in [3.63, 3.8) is 0 Å². The summed E-state index contributed by atoms with van der Waals surface area (Å²) in [6.45, 7) is 13.5. The first-order valence-electron chi connectivity index (χ1n) is 8.34. The summed E-state index contributed by atoms with van der Waals surface area (Å²) in [5.41, 5.74) is 2.86. The molecule has 21 heavy (non-hydrogen) atoms. The highest BCUT2D eigenvalue weighted by atomic mass is 79.9. The summed E-state index contributed by atoms with van der Waals surface area (Å²) < 4.78 is 3.41. The van der Waals surface area contributed by atoms with E-state index < -0.39 is 0 Å². The molecule has 1 aromatic rings. The zero-order chi connectivity index (χ0) is 15.6. The molecule has 1 aromatic heterocycles. The summed E-state index contributed by atoms with van der Waals surface area (Å²) in [4.78, 5) is 0. The average Bonchev–Trinajstić information content (AvgIpc) is 3.18. The van der Waals surface area contributed by atoms with Gasteiger partial charge in [0.25, 0.3) is 0 Å². The normalized spacial score (nSPS) is 17.2. The topological polar surface area (TPSA) is 29.9 Å². The van der Waals surface area contributed by atoms with Crippen LogP contribution in [0.4, 0.5) is 0 Å². The number of nitrogens with zero attached hydrogens (tertiary/aromatic N) is 2. The second-order valence-corrected chi connectivity index (χ2v) is 8.12. The Balaban J connectivity index is 2.16. The standard InChI is InChI=1S/C17H30BrN3/c1-6-14-16(18)15(21(7-2)20-14)10-12(17(3,4)5)11-19-13-8-9-13/h12-13,19H,6-11H2,1-5H3. The number of hydrogen-bond acceptors (Lipinski definition) is 2. The molecule has 0 bridgehead atoms. The minimum atomic E-state index is 0.302. The first kappa shape index (κ1) is 17.0. The van der Waals surface area contributed by atoms with Gasteiger partial charge in [0.05, 0.1) is 15.9 Å². The fourth-order valence-corrected chi connectivity index (χ4v) is 3.45. The molecule has 1 unspecified atom stereocenters. The molecular formula is C17H30BrN3. The smallest absolute Gasteiger partial charge is 0.0766 e. The predicted molar refractivity (Wildman–Crippen MR) is 92.7 cm³/mol. The van der Waals surface area contributed by atoms with Gasteiger partial charge in [-0.1, -0.05) is 27.7 Å². The van der Waals surface area contributed by atoms with Gasteiger partial charge in [0.1, 0.15) is 0 Å². The van der Waals surface area contributed by atoms with E-state index in [0.717, 1.165) is 32.0 Å². The largest absolute Gasteiger partial charge is 0.314 e.